The number of carbonyl (C=O) groups excluding carboxylic acids is 2. The lowest BCUT2D eigenvalue weighted by atomic mass is 10.1. The molecule has 0 aliphatic carbocycles. The summed E-state index contributed by atoms with van der Waals surface area (Å²) in [5, 5.41) is 2.62. The summed E-state index contributed by atoms with van der Waals surface area (Å²) < 4.78 is 18.2. The SMILES string of the molecule is CN(CC(=O)Nc1ccc(F)cc1)C(=O)c1occc1-c1ccccc1. The summed E-state index contributed by atoms with van der Waals surface area (Å²) in [6.07, 6.45) is 1.45. The zero-order chi connectivity index (χ0) is 18.5. The van der Waals surface area contributed by atoms with Crippen molar-refractivity contribution in [2.75, 3.05) is 18.9 Å². The highest BCUT2D eigenvalue weighted by molar-refractivity contribution is 6.01. The first-order valence-corrected chi connectivity index (χ1v) is 7.98. The summed E-state index contributed by atoms with van der Waals surface area (Å²) in [7, 11) is 1.52. The highest BCUT2D eigenvalue weighted by atomic mass is 19.1. The van der Waals surface area contributed by atoms with E-state index in [1.54, 1.807) is 6.07 Å². The molecule has 0 aliphatic rings. The van der Waals surface area contributed by atoms with Gasteiger partial charge in [-0.25, -0.2) is 4.39 Å². The maximum atomic E-state index is 12.9. The molecule has 0 saturated heterocycles. The summed E-state index contributed by atoms with van der Waals surface area (Å²) in [5.41, 5.74) is 1.98. The maximum Gasteiger partial charge on any atom is 0.290 e. The average Bonchev–Trinajstić information content (AvgIpc) is 3.13. The van der Waals surface area contributed by atoms with E-state index in [9.17, 15) is 14.0 Å². The lowest BCUT2D eigenvalue weighted by molar-refractivity contribution is -0.116. The van der Waals surface area contributed by atoms with Gasteiger partial charge < -0.3 is 14.6 Å². The van der Waals surface area contributed by atoms with E-state index in [1.807, 2.05) is 30.3 Å². The predicted molar refractivity (Wildman–Crippen MR) is 96.1 cm³/mol. The van der Waals surface area contributed by atoms with Crippen LogP contribution in [-0.2, 0) is 4.79 Å². The standard InChI is InChI=1S/C20H17FN2O3/c1-23(13-18(24)22-16-9-7-15(21)8-10-16)20(25)19-17(11-12-26-19)14-5-3-2-4-6-14/h2-12H,13H2,1H3,(H,22,24). The van der Waals surface area contributed by atoms with Crippen molar-refractivity contribution < 1.29 is 18.4 Å². The smallest absolute Gasteiger partial charge is 0.290 e. The first-order chi connectivity index (χ1) is 12.5. The summed E-state index contributed by atoms with van der Waals surface area (Å²) in [6, 6.07) is 16.5. The Labute approximate surface area is 150 Å². The molecule has 0 aliphatic heterocycles. The number of anilines is 1. The van der Waals surface area contributed by atoms with E-state index in [0.717, 1.165) is 5.56 Å². The molecule has 6 heteroatoms. The van der Waals surface area contributed by atoms with Crippen LogP contribution in [0.1, 0.15) is 10.6 Å². The number of halogens is 1. The fraction of sp³-hybridized carbons (Fsp3) is 0.100. The van der Waals surface area contributed by atoms with Crippen molar-refractivity contribution >= 4 is 17.5 Å². The molecule has 3 rings (SSSR count). The normalized spacial score (nSPS) is 10.4. The number of furan rings is 1. The van der Waals surface area contributed by atoms with Gasteiger partial charge in [0.2, 0.25) is 5.91 Å². The number of nitrogens with zero attached hydrogens (tertiary/aromatic N) is 1. The van der Waals surface area contributed by atoms with Crippen LogP contribution < -0.4 is 5.32 Å². The van der Waals surface area contributed by atoms with E-state index in [-0.39, 0.29) is 24.0 Å². The quantitative estimate of drug-likeness (QED) is 0.760. The fourth-order valence-corrected chi connectivity index (χ4v) is 2.51. The molecule has 0 unspecified atom stereocenters. The molecule has 0 spiro atoms. The molecule has 132 valence electrons. The van der Waals surface area contributed by atoms with E-state index >= 15 is 0 Å². The number of likely N-dealkylation sites (N-methyl/N-ethyl adjacent to an activating group) is 1. The first-order valence-electron chi connectivity index (χ1n) is 7.98. The van der Waals surface area contributed by atoms with Gasteiger partial charge in [0, 0.05) is 18.3 Å². The van der Waals surface area contributed by atoms with Gasteiger partial charge in [0.1, 0.15) is 5.82 Å². The van der Waals surface area contributed by atoms with Crippen LogP contribution in [-0.4, -0.2) is 30.3 Å². The summed E-state index contributed by atoms with van der Waals surface area (Å²) in [4.78, 5) is 26.0. The number of nitrogens with one attached hydrogen (secondary N) is 1. The highest BCUT2D eigenvalue weighted by Gasteiger charge is 2.22. The van der Waals surface area contributed by atoms with Crippen LogP contribution in [0.25, 0.3) is 11.1 Å². The highest BCUT2D eigenvalue weighted by Crippen LogP contribution is 2.25. The zero-order valence-electron chi connectivity index (χ0n) is 14.1. The van der Waals surface area contributed by atoms with Gasteiger partial charge in [0.15, 0.2) is 5.76 Å². The van der Waals surface area contributed by atoms with E-state index in [0.29, 0.717) is 11.3 Å². The number of benzene rings is 2. The average molecular weight is 352 g/mol. The molecule has 2 aromatic carbocycles. The van der Waals surface area contributed by atoms with Crippen molar-refractivity contribution in [1.82, 2.24) is 4.90 Å². The van der Waals surface area contributed by atoms with Crippen LogP contribution in [0.15, 0.2) is 71.3 Å². The molecular formula is C20H17FN2O3. The third-order valence-electron chi connectivity index (χ3n) is 3.80. The Morgan fingerprint density at radius 3 is 2.42 bits per heavy atom. The lowest BCUT2D eigenvalue weighted by Gasteiger charge is -2.16. The fourth-order valence-electron chi connectivity index (χ4n) is 2.51. The van der Waals surface area contributed by atoms with E-state index in [4.69, 9.17) is 4.42 Å². The minimum Gasteiger partial charge on any atom is -0.459 e. The molecule has 3 aromatic rings. The Morgan fingerprint density at radius 1 is 1.04 bits per heavy atom. The minimum atomic E-state index is -0.400. The van der Waals surface area contributed by atoms with Crippen molar-refractivity contribution in [3.8, 4) is 11.1 Å². The van der Waals surface area contributed by atoms with Crippen molar-refractivity contribution in [2.24, 2.45) is 0 Å². The molecule has 1 heterocycles. The van der Waals surface area contributed by atoms with Gasteiger partial charge in [-0.1, -0.05) is 30.3 Å². The molecule has 0 radical (unpaired) electrons. The molecule has 1 aromatic heterocycles. The minimum absolute atomic E-state index is 0.162. The summed E-state index contributed by atoms with van der Waals surface area (Å²) >= 11 is 0. The van der Waals surface area contributed by atoms with E-state index in [2.05, 4.69) is 5.32 Å². The van der Waals surface area contributed by atoms with Crippen molar-refractivity contribution in [1.29, 1.82) is 0 Å². The lowest BCUT2D eigenvalue weighted by Crippen LogP contribution is -2.35. The van der Waals surface area contributed by atoms with Gasteiger partial charge in [-0.15, -0.1) is 0 Å². The van der Waals surface area contributed by atoms with Crippen LogP contribution in [0.4, 0.5) is 10.1 Å². The zero-order valence-corrected chi connectivity index (χ0v) is 14.1. The van der Waals surface area contributed by atoms with Crippen LogP contribution >= 0.6 is 0 Å². The number of hydrogen-bond donors (Lipinski definition) is 1. The Hall–Kier alpha value is -3.41. The maximum absolute atomic E-state index is 12.9. The Bertz CT molecular complexity index is 904. The van der Waals surface area contributed by atoms with Crippen LogP contribution in [0, 0.1) is 5.82 Å². The molecule has 0 saturated carbocycles. The summed E-state index contributed by atoms with van der Waals surface area (Å²) in [6.45, 7) is -0.162. The van der Waals surface area contributed by atoms with Gasteiger partial charge in [0.05, 0.1) is 12.8 Å². The van der Waals surface area contributed by atoms with Gasteiger partial charge in [-0.2, -0.15) is 0 Å². The second kappa shape index (κ2) is 7.65. The third kappa shape index (κ3) is 3.97. The topological polar surface area (TPSA) is 62.6 Å². The largest absolute Gasteiger partial charge is 0.459 e. The Morgan fingerprint density at radius 2 is 1.73 bits per heavy atom. The van der Waals surface area contributed by atoms with Gasteiger partial charge in [-0.3, -0.25) is 9.59 Å². The van der Waals surface area contributed by atoms with Gasteiger partial charge in [0.25, 0.3) is 5.91 Å². The Kier molecular flexibility index (Phi) is 5.12. The number of rotatable bonds is 5. The second-order valence-electron chi connectivity index (χ2n) is 5.75. The molecule has 0 atom stereocenters. The van der Waals surface area contributed by atoms with Gasteiger partial charge >= 0.3 is 0 Å². The van der Waals surface area contributed by atoms with Crippen molar-refractivity contribution in [3.05, 3.63) is 78.5 Å². The first kappa shape index (κ1) is 17.4. The monoisotopic (exact) mass is 352 g/mol. The predicted octanol–water partition coefficient (Wildman–Crippen LogP) is 3.80. The third-order valence-corrected chi connectivity index (χ3v) is 3.80. The summed E-state index contributed by atoms with van der Waals surface area (Å²) in [5.74, 6) is -1.00. The molecule has 1 N–H and O–H groups in total. The number of hydrogen-bond acceptors (Lipinski definition) is 3. The second-order valence-corrected chi connectivity index (χ2v) is 5.75. The number of amides is 2. The number of carbonyl (C=O) groups is 2. The van der Waals surface area contributed by atoms with Crippen LogP contribution in [0.2, 0.25) is 0 Å². The van der Waals surface area contributed by atoms with Gasteiger partial charge in [-0.05, 0) is 35.9 Å². The van der Waals surface area contributed by atoms with Crippen LogP contribution in [0.5, 0.6) is 0 Å². The van der Waals surface area contributed by atoms with Crippen LogP contribution in [0.3, 0.4) is 0 Å². The molecule has 0 bridgehead atoms. The van der Waals surface area contributed by atoms with E-state index < -0.39 is 5.91 Å². The molecule has 26 heavy (non-hydrogen) atoms. The Balaban J connectivity index is 1.68. The molecule has 0 fully saturated rings. The molecule has 5 nitrogen and oxygen atoms in total. The molecular weight excluding hydrogens is 335 g/mol. The van der Waals surface area contributed by atoms with E-state index in [1.165, 1.54) is 42.5 Å². The molecule has 2 amide bonds. The van der Waals surface area contributed by atoms with Crippen molar-refractivity contribution in [2.45, 2.75) is 0 Å². The van der Waals surface area contributed by atoms with Crippen molar-refractivity contribution in [3.63, 3.8) is 0 Å².